The van der Waals surface area contributed by atoms with Crippen molar-refractivity contribution in [1.82, 2.24) is 4.98 Å². The Balaban J connectivity index is 2.42. The lowest BCUT2D eigenvalue weighted by atomic mass is 10.2. The van der Waals surface area contributed by atoms with Crippen molar-refractivity contribution >= 4 is 15.5 Å². The average Bonchev–Trinajstić information content (AvgIpc) is 2.41. The fraction of sp³-hybridized carbons (Fsp3) is 0.154. The summed E-state index contributed by atoms with van der Waals surface area (Å²) >= 11 is 0. The Kier molecular flexibility index (Phi) is 3.89. The molecule has 0 aliphatic heterocycles. The number of pyridine rings is 1. The normalized spacial score (nSPS) is 11.3. The third-order valence-electron chi connectivity index (χ3n) is 2.70. The lowest BCUT2D eigenvalue weighted by Crippen LogP contribution is -2.11. The van der Waals surface area contributed by atoms with E-state index in [2.05, 4.69) is 4.98 Å². The van der Waals surface area contributed by atoms with E-state index in [0.717, 1.165) is 0 Å². The number of nitrogen functional groups attached to an aromatic ring is 1. The maximum atomic E-state index is 14.0. The molecule has 2 rings (SSSR count). The largest absolute Gasteiger partial charge is 0.494 e. The van der Waals surface area contributed by atoms with Gasteiger partial charge in [0.05, 0.1) is 18.6 Å². The smallest absolute Gasteiger partial charge is 0.201 e. The van der Waals surface area contributed by atoms with Crippen molar-refractivity contribution < 1.29 is 17.5 Å². The Morgan fingerprint density at radius 2 is 2.05 bits per heavy atom. The number of sulfone groups is 1. The molecule has 0 saturated heterocycles. The molecule has 0 unspecified atom stereocenters. The van der Waals surface area contributed by atoms with E-state index in [1.807, 2.05) is 0 Å². The Morgan fingerprint density at radius 3 is 2.70 bits per heavy atom. The SMILES string of the molecule is COc1cccc(CS(=O)(=O)c2ncccc2N)c1F. The Labute approximate surface area is 116 Å². The van der Waals surface area contributed by atoms with Gasteiger partial charge < -0.3 is 10.5 Å². The van der Waals surface area contributed by atoms with Crippen molar-refractivity contribution in [2.45, 2.75) is 10.8 Å². The predicted octanol–water partition coefficient (Wildman–Crippen LogP) is 1.79. The maximum Gasteiger partial charge on any atom is 0.201 e. The second-order valence-corrected chi connectivity index (χ2v) is 6.00. The molecule has 7 heteroatoms. The molecule has 106 valence electrons. The number of halogens is 1. The Hall–Kier alpha value is -2.15. The van der Waals surface area contributed by atoms with Crippen LogP contribution in [0.2, 0.25) is 0 Å². The van der Waals surface area contributed by atoms with Crippen LogP contribution in [0, 0.1) is 5.82 Å². The van der Waals surface area contributed by atoms with Gasteiger partial charge in [0.1, 0.15) is 0 Å². The molecule has 0 bridgehead atoms. The molecule has 2 aromatic rings. The molecular weight excluding hydrogens is 283 g/mol. The number of anilines is 1. The van der Waals surface area contributed by atoms with Crippen LogP contribution in [0.5, 0.6) is 5.75 Å². The number of rotatable bonds is 4. The summed E-state index contributed by atoms with van der Waals surface area (Å²) in [7, 11) is -2.51. The molecule has 0 fully saturated rings. The van der Waals surface area contributed by atoms with Gasteiger partial charge in [0.15, 0.2) is 16.6 Å². The van der Waals surface area contributed by atoms with Gasteiger partial charge in [-0.15, -0.1) is 0 Å². The van der Waals surface area contributed by atoms with E-state index in [4.69, 9.17) is 10.5 Å². The third-order valence-corrected chi connectivity index (χ3v) is 4.33. The van der Waals surface area contributed by atoms with Gasteiger partial charge in [-0.1, -0.05) is 12.1 Å². The van der Waals surface area contributed by atoms with Gasteiger partial charge in [-0.2, -0.15) is 0 Å². The molecule has 20 heavy (non-hydrogen) atoms. The van der Waals surface area contributed by atoms with Crippen LogP contribution in [0.25, 0.3) is 0 Å². The van der Waals surface area contributed by atoms with E-state index in [1.54, 1.807) is 0 Å². The van der Waals surface area contributed by atoms with Gasteiger partial charge in [0.25, 0.3) is 0 Å². The highest BCUT2D eigenvalue weighted by Gasteiger charge is 2.22. The number of nitrogens with zero attached hydrogens (tertiary/aromatic N) is 1. The van der Waals surface area contributed by atoms with Crippen molar-refractivity contribution in [2.75, 3.05) is 12.8 Å². The summed E-state index contributed by atoms with van der Waals surface area (Å²) < 4.78 is 43.2. The van der Waals surface area contributed by atoms with Crippen molar-refractivity contribution in [3.63, 3.8) is 0 Å². The van der Waals surface area contributed by atoms with Crippen LogP contribution in [0.15, 0.2) is 41.6 Å². The number of nitrogens with two attached hydrogens (primary N) is 1. The van der Waals surface area contributed by atoms with Crippen LogP contribution in [0.1, 0.15) is 5.56 Å². The zero-order valence-corrected chi connectivity index (χ0v) is 11.5. The second-order valence-electron chi connectivity index (χ2n) is 4.09. The van der Waals surface area contributed by atoms with Crippen LogP contribution in [0.3, 0.4) is 0 Å². The summed E-state index contributed by atoms with van der Waals surface area (Å²) in [6.07, 6.45) is 1.32. The van der Waals surface area contributed by atoms with Gasteiger partial charge in [0.2, 0.25) is 9.84 Å². The fourth-order valence-corrected chi connectivity index (χ4v) is 3.18. The van der Waals surface area contributed by atoms with Crippen LogP contribution < -0.4 is 10.5 Å². The zero-order valence-electron chi connectivity index (χ0n) is 10.7. The van der Waals surface area contributed by atoms with E-state index in [1.165, 1.54) is 43.6 Å². The lowest BCUT2D eigenvalue weighted by molar-refractivity contribution is 0.385. The van der Waals surface area contributed by atoms with Crippen LogP contribution >= 0.6 is 0 Å². The minimum absolute atomic E-state index is 0.00769. The first-order chi connectivity index (χ1) is 9.45. The number of methoxy groups -OCH3 is 1. The van der Waals surface area contributed by atoms with E-state index in [0.29, 0.717) is 0 Å². The predicted molar refractivity (Wildman–Crippen MR) is 72.5 cm³/mol. The second kappa shape index (κ2) is 5.46. The summed E-state index contributed by atoms with van der Waals surface area (Å²) in [5, 5.41) is -0.248. The third kappa shape index (κ3) is 2.72. The van der Waals surface area contributed by atoms with E-state index in [9.17, 15) is 12.8 Å². The summed E-state index contributed by atoms with van der Waals surface area (Å²) in [6, 6.07) is 7.28. The number of ether oxygens (including phenoxy) is 1. The lowest BCUT2D eigenvalue weighted by Gasteiger charge is -2.09. The van der Waals surface area contributed by atoms with Crippen LogP contribution in [0.4, 0.5) is 10.1 Å². The Bertz CT molecular complexity index is 732. The topological polar surface area (TPSA) is 82.3 Å². The monoisotopic (exact) mass is 296 g/mol. The van der Waals surface area contributed by atoms with Crippen LogP contribution in [-0.2, 0) is 15.6 Å². The molecule has 2 N–H and O–H groups in total. The van der Waals surface area contributed by atoms with Crippen molar-refractivity contribution in [2.24, 2.45) is 0 Å². The standard InChI is InChI=1S/C13H13FN2O3S/c1-19-11-6-2-4-9(12(11)14)8-20(17,18)13-10(15)5-3-7-16-13/h2-7H,8,15H2,1H3. The van der Waals surface area contributed by atoms with Gasteiger partial charge in [-0.3, -0.25) is 0 Å². The molecule has 1 heterocycles. The van der Waals surface area contributed by atoms with Crippen molar-refractivity contribution in [3.8, 4) is 5.75 Å². The molecule has 0 aliphatic rings. The highest BCUT2D eigenvalue weighted by atomic mass is 32.2. The first kappa shape index (κ1) is 14.3. The molecule has 0 radical (unpaired) electrons. The van der Waals surface area contributed by atoms with E-state index in [-0.39, 0.29) is 22.0 Å². The molecule has 0 amide bonds. The number of hydrogen-bond donors (Lipinski definition) is 1. The molecule has 1 aromatic heterocycles. The quantitative estimate of drug-likeness (QED) is 0.930. The highest BCUT2D eigenvalue weighted by molar-refractivity contribution is 7.90. The summed E-state index contributed by atoms with van der Waals surface area (Å²) in [4.78, 5) is 3.75. The fourth-order valence-electron chi connectivity index (χ4n) is 1.76. The zero-order chi connectivity index (χ0) is 14.8. The minimum Gasteiger partial charge on any atom is -0.494 e. The van der Waals surface area contributed by atoms with Crippen molar-refractivity contribution in [1.29, 1.82) is 0 Å². The molecule has 0 spiro atoms. The number of benzene rings is 1. The molecule has 0 saturated carbocycles. The number of hydrogen-bond acceptors (Lipinski definition) is 5. The molecule has 1 aromatic carbocycles. The van der Waals surface area contributed by atoms with Gasteiger partial charge in [-0.25, -0.2) is 17.8 Å². The van der Waals surface area contributed by atoms with Crippen molar-refractivity contribution in [3.05, 3.63) is 47.9 Å². The molecule has 5 nitrogen and oxygen atoms in total. The van der Waals surface area contributed by atoms with Gasteiger partial charge >= 0.3 is 0 Å². The first-order valence-corrected chi connectivity index (χ1v) is 7.35. The van der Waals surface area contributed by atoms with E-state index < -0.39 is 21.4 Å². The first-order valence-electron chi connectivity index (χ1n) is 5.70. The maximum absolute atomic E-state index is 14.0. The summed E-state index contributed by atoms with van der Waals surface area (Å²) in [5.41, 5.74) is 5.64. The summed E-state index contributed by atoms with van der Waals surface area (Å²) in [5.74, 6) is -1.24. The Morgan fingerprint density at radius 1 is 1.30 bits per heavy atom. The molecule has 0 aliphatic carbocycles. The minimum atomic E-state index is -3.82. The highest BCUT2D eigenvalue weighted by Crippen LogP contribution is 2.25. The summed E-state index contributed by atoms with van der Waals surface area (Å²) in [6.45, 7) is 0. The van der Waals surface area contributed by atoms with Gasteiger partial charge in [-0.05, 0) is 18.2 Å². The van der Waals surface area contributed by atoms with E-state index >= 15 is 0 Å². The molecule has 0 atom stereocenters. The van der Waals surface area contributed by atoms with Crippen LogP contribution in [-0.4, -0.2) is 20.5 Å². The molecular formula is C13H13FN2O3S. The number of aromatic nitrogens is 1. The van der Waals surface area contributed by atoms with Gasteiger partial charge in [0, 0.05) is 11.8 Å². The average molecular weight is 296 g/mol.